The number of aldehydes is 1. The Bertz CT molecular complexity index is 933. The van der Waals surface area contributed by atoms with Gasteiger partial charge in [0.1, 0.15) is 24.1 Å². The van der Waals surface area contributed by atoms with Crippen LogP contribution in [0.25, 0.3) is 0 Å². The van der Waals surface area contributed by atoms with Crippen molar-refractivity contribution < 1.29 is 23.9 Å². The monoisotopic (exact) mass is 484 g/mol. The first-order valence-corrected chi connectivity index (χ1v) is 13.6. The number of carbonyl (C=O) groups excluding carboxylic acids is 3. The average Bonchev–Trinajstić information content (AvgIpc) is 3.38. The Hall–Kier alpha value is -1.75. The molecule has 4 aliphatic rings. The third kappa shape index (κ3) is 4.26. The number of carbonyl (C=O) groups is 3. The van der Waals surface area contributed by atoms with Gasteiger partial charge in [0.25, 0.3) is 0 Å². The molecular weight excluding hydrogens is 440 g/mol. The van der Waals surface area contributed by atoms with Crippen LogP contribution in [0.1, 0.15) is 87.0 Å². The Morgan fingerprint density at radius 2 is 1.89 bits per heavy atom. The van der Waals surface area contributed by atoms with E-state index in [4.69, 9.17) is 9.47 Å². The zero-order valence-electron chi connectivity index (χ0n) is 22.6. The van der Waals surface area contributed by atoms with Crippen molar-refractivity contribution in [1.29, 1.82) is 0 Å². The van der Waals surface area contributed by atoms with Crippen LogP contribution in [0.5, 0.6) is 0 Å². The summed E-state index contributed by atoms with van der Waals surface area (Å²) in [5, 5.41) is 0. The molecule has 5 heteroatoms. The highest BCUT2D eigenvalue weighted by atomic mass is 16.6. The summed E-state index contributed by atoms with van der Waals surface area (Å²) in [5.74, 6) is 1.77. The fraction of sp³-hybridized carbons (Fsp3) is 0.767. The van der Waals surface area contributed by atoms with Crippen LogP contribution in [-0.2, 0) is 23.9 Å². The van der Waals surface area contributed by atoms with Crippen molar-refractivity contribution >= 4 is 18.0 Å². The van der Waals surface area contributed by atoms with E-state index in [1.807, 2.05) is 0 Å². The van der Waals surface area contributed by atoms with Crippen molar-refractivity contribution in [3.05, 3.63) is 23.8 Å². The van der Waals surface area contributed by atoms with Gasteiger partial charge in [0.2, 0.25) is 0 Å². The number of allylic oxidation sites excluding steroid dienone is 3. The van der Waals surface area contributed by atoms with E-state index in [1.54, 1.807) is 0 Å². The molecule has 0 aromatic carbocycles. The quantitative estimate of drug-likeness (QED) is 0.187. The van der Waals surface area contributed by atoms with Crippen molar-refractivity contribution in [2.75, 3.05) is 0 Å². The molecule has 3 fully saturated rings. The SMILES string of the molecule is CC(=O)O[C@H]1CC[C@]2(C)C(=O)C(C3CC[C@H]([C@H](C)/C=C/[C@H](C)C(C)C)[C@@]3(C)CC=O)=C[C@@H]3O[C@@]32C1. The van der Waals surface area contributed by atoms with E-state index in [-0.39, 0.29) is 35.3 Å². The first-order chi connectivity index (χ1) is 16.4. The molecule has 0 bridgehead atoms. The minimum Gasteiger partial charge on any atom is -0.462 e. The molecule has 1 spiro atoms. The summed E-state index contributed by atoms with van der Waals surface area (Å²) in [7, 11) is 0. The number of Topliss-reactive ketones (excluding diaryl/α,β-unsaturated/α-hetero) is 1. The summed E-state index contributed by atoms with van der Waals surface area (Å²) in [4.78, 5) is 37.5. The number of ether oxygens (including phenoxy) is 2. The largest absolute Gasteiger partial charge is 0.462 e. The molecule has 194 valence electrons. The second kappa shape index (κ2) is 9.28. The zero-order chi connectivity index (χ0) is 25.8. The maximum atomic E-state index is 14.1. The summed E-state index contributed by atoms with van der Waals surface area (Å²) in [6, 6.07) is 0. The maximum Gasteiger partial charge on any atom is 0.302 e. The maximum absolute atomic E-state index is 14.1. The Kier molecular flexibility index (Phi) is 6.98. The highest BCUT2D eigenvalue weighted by Gasteiger charge is 2.74. The van der Waals surface area contributed by atoms with Gasteiger partial charge in [-0.15, -0.1) is 0 Å². The lowest BCUT2D eigenvalue weighted by molar-refractivity contribution is -0.153. The van der Waals surface area contributed by atoms with Gasteiger partial charge >= 0.3 is 5.97 Å². The van der Waals surface area contributed by atoms with Crippen LogP contribution in [0, 0.1) is 40.4 Å². The predicted octanol–water partition coefficient (Wildman–Crippen LogP) is 5.86. The van der Waals surface area contributed by atoms with E-state index in [9.17, 15) is 14.4 Å². The van der Waals surface area contributed by atoms with E-state index < -0.39 is 11.0 Å². The van der Waals surface area contributed by atoms with Gasteiger partial charge in [-0.3, -0.25) is 9.59 Å². The molecule has 1 saturated heterocycles. The Balaban J connectivity index is 1.60. The summed E-state index contributed by atoms with van der Waals surface area (Å²) in [5.41, 5.74) is -0.519. The van der Waals surface area contributed by atoms with Crippen LogP contribution < -0.4 is 0 Å². The molecule has 0 aromatic heterocycles. The van der Waals surface area contributed by atoms with E-state index in [2.05, 4.69) is 59.8 Å². The van der Waals surface area contributed by atoms with Gasteiger partial charge in [0.05, 0.1) is 5.41 Å². The summed E-state index contributed by atoms with van der Waals surface area (Å²) in [6.45, 7) is 14.7. The zero-order valence-corrected chi connectivity index (χ0v) is 22.6. The summed E-state index contributed by atoms with van der Waals surface area (Å²) < 4.78 is 11.8. The van der Waals surface area contributed by atoms with Crippen molar-refractivity contribution in [2.24, 2.45) is 40.4 Å². The van der Waals surface area contributed by atoms with Crippen LogP contribution >= 0.6 is 0 Å². The lowest BCUT2D eigenvalue weighted by atomic mass is 9.55. The fourth-order valence-corrected chi connectivity index (χ4v) is 7.59. The average molecular weight is 485 g/mol. The molecule has 3 aliphatic carbocycles. The molecule has 35 heavy (non-hydrogen) atoms. The summed E-state index contributed by atoms with van der Waals surface area (Å²) in [6.07, 6.45) is 11.8. The highest BCUT2D eigenvalue weighted by Crippen LogP contribution is 2.66. The van der Waals surface area contributed by atoms with E-state index in [0.29, 0.717) is 49.4 Å². The Morgan fingerprint density at radius 1 is 1.17 bits per heavy atom. The minimum absolute atomic E-state index is 0.0637. The van der Waals surface area contributed by atoms with Gasteiger partial charge < -0.3 is 14.3 Å². The molecule has 0 aromatic rings. The molecule has 9 atom stereocenters. The second-order valence-electron chi connectivity index (χ2n) is 12.6. The Morgan fingerprint density at radius 3 is 2.51 bits per heavy atom. The number of ketones is 1. The third-order valence-corrected chi connectivity index (χ3v) is 10.3. The van der Waals surface area contributed by atoms with Crippen molar-refractivity contribution in [3.8, 4) is 0 Å². The lowest BCUT2D eigenvalue weighted by Crippen LogP contribution is -2.54. The van der Waals surface area contributed by atoms with E-state index in [0.717, 1.165) is 24.7 Å². The van der Waals surface area contributed by atoms with Crippen LogP contribution in [0.4, 0.5) is 0 Å². The number of hydrogen-bond acceptors (Lipinski definition) is 5. The van der Waals surface area contributed by atoms with E-state index in [1.165, 1.54) is 6.92 Å². The van der Waals surface area contributed by atoms with Crippen molar-refractivity contribution in [2.45, 2.75) is 105 Å². The van der Waals surface area contributed by atoms with E-state index >= 15 is 0 Å². The topological polar surface area (TPSA) is 73.0 Å². The van der Waals surface area contributed by atoms with Gasteiger partial charge in [-0.1, -0.05) is 46.8 Å². The van der Waals surface area contributed by atoms with Gasteiger partial charge in [-0.05, 0) is 79.3 Å². The van der Waals surface area contributed by atoms with Crippen LogP contribution in [0.2, 0.25) is 0 Å². The minimum atomic E-state index is -0.600. The standard InChI is InChI=1S/C30H44O5/c1-18(2)19(3)8-9-20(4)24-10-11-25(28(24,6)14-15-31)23-16-26-30(35-26)17-22(34-21(5)32)12-13-29(30,7)27(23)33/h8-9,15-16,18-20,22,24-26H,10-14,17H2,1-7H3/b9-8+/t19-,20+,22-,24+,25?,26-,28+,29+,30-/m0/s1. The molecule has 1 aliphatic heterocycles. The normalized spacial score (nSPS) is 42.3. The van der Waals surface area contributed by atoms with Gasteiger partial charge in [-0.2, -0.15) is 0 Å². The van der Waals surface area contributed by atoms with Gasteiger partial charge in [0, 0.05) is 19.8 Å². The first-order valence-electron chi connectivity index (χ1n) is 13.6. The van der Waals surface area contributed by atoms with Gasteiger partial charge in [0.15, 0.2) is 5.78 Å². The lowest BCUT2D eigenvalue weighted by Gasteiger charge is -2.46. The first kappa shape index (κ1) is 26.3. The van der Waals surface area contributed by atoms with Crippen LogP contribution in [-0.4, -0.2) is 35.8 Å². The van der Waals surface area contributed by atoms with Crippen molar-refractivity contribution in [1.82, 2.24) is 0 Å². The molecule has 0 N–H and O–H groups in total. The molecule has 1 heterocycles. The number of hydrogen-bond donors (Lipinski definition) is 0. The molecule has 2 saturated carbocycles. The smallest absolute Gasteiger partial charge is 0.302 e. The fourth-order valence-electron chi connectivity index (χ4n) is 7.59. The molecule has 5 nitrogen and oxygen atoms in total. The third-order valence-electron chi connectivity index (χ3n) is 10.3. The number of rotatable bonds is 8. The second-order valence-corrected chi connectivity index (χ2v) is 12.6. The predicted molar refractivity (Wildman–Crippen MR) is 136 cm³/mol. The molecular formula is C30H44O5. The Labute approximate surface area is 211 Å². The van der Waals surface area contributed by atoms with Crippen molar-refractivity contribution in [3.63, 3.8) is 0 Å². The van der Waals surface area contributed by atoms with Crippen LogP contribution in [0.3, 0.4) is 0 Å². The van der Waals surface area contributed by atoms with Crippen LogP contribution in [0.15, 0.2) is 23.8 Å². The molecule has 1 unspecified atom stereocenters. The molecule has 0 amide bonds. The highest BCUT2D eigenvalue weighted by molar-refractivity contribution is 6.03. The summed E-state index contributed by atoms with van der Waals surface area (Å²) >= 11 is 0. The molecule has 0 radical (unpaired) electrons. The van der Waals surface area contributed by atoms with Gasteiger partial charge in [-0.25, -0.2) is 0 Å². The molecule has 4 rings (SSSR count). The number of epoxide rings is 1. The number of esters is 1.